The van der Waals surface area contributed by atoms with E-state index in [1.54, 1.807) is 15.9 Å². The largest absolute Gasteiger partial charge is 0.352 e. The van der Waals surface area contributed by atoms with Crippen LogP contribution in [0.25, 0.3) is 10.2 Å². The van der Waals surface area contributed by atoms with E-state index in [0.29, 0.717) is 5.16 Å². The quantitative estimate of drug-likeness (QED) is 0.449. The summed E-state index contributed by atoms with van der Waals surface area (Å²) >= 11 is 3.04. The molecule has 1 unspecified atom stereocenters. The molecule has 2 aliphatic carbocycles. The van der Waals surface area contributed by atoms with E-state index >= 15 is 0 Å². The van der Waals surface area contributed by atoms with Crippen LogP contribution in [-0.2, 0) is 17.6 Å². The zero-order valence-electron chi connectivity index (χ0n) is 17.2. The van der Waals surface area contributed by atoms with Crippen molar-refractivity contribution >= 4 is 39.2 Å². The molecule has 3 aromatic rings. The molecule has 2 heterocycles. The Hall–Kier alpha value is -2.12. The number of thioether (sulfide) groups is 1. The second-order valence-electron chi connectivity index (χ2n) is 8.39. The van der Waals surface area contributed by atoms with Gasteiger partial charge < -0.3 is 5.32 Å². The lowest BCUT2D eigenvalue weighted by Gasteiger charge is -2.20. The lowest BCUT2D eigenvalue weighted by molar-refractivity contribution is -0.120. The van der Waals surface area contributed by atoms with Crippen LogP contribution in [0.3, 0.4) is 0 Å². The number of carbonyl (C=O) groups excluding carboxylic acids is 1. The first kappa shape index (κ1) is 19.8. The molecule has 1 amide bonds. The van der Waals surface area contributed by atoms with E-state index in [2.05, 4.69) is 5.32 Å². The topological polar surface area (TPSA) is 64.0 Å². The third-order valence-electron chi connectivity index (χ3n) is 5.74. The maximum atomic E-state index is 13.5. The van der Waals surface area contributed by atoms with Gasteiger partial charge in [0, 0.05) is 17.0 Å². The van der Waals surface area contributed by atoms with Crippen molar-refractivity contribution in [3.63, 3.8) is 0 Å². The van der Waals surface area contributed by atoms with Crippen molar-refractivity contribution in [1.82, 2.24) is 14.9 Å². The van der Waals surface area contributed by atoms with Crippen LogP contribution in [0.5, 0.6) is 0 Å². The monoisotopic (exact) mass is 439 g/mol. The van der Waals surface area contributed by atoms with Gasteiger partial charge in [-0.05, 0) is 57.1 Å². The van der Waals surface area contributed by atoms with Crippen molar-refractivity contribution in [2.45, 2.75) is 68.4 Å². The van der Waals surface area contributed by atoms with E-state index < -0.39 is 5.25 Å². The van der Waals surface area contributed by atoms with Gasteiger partial charge in [0.05, 0.1) is 5.39 Å². The Labute approximate surface area is 183 Å². The molecule has 2 aliphatic rings. The number of nitrogens with zero attached hydrogens (tertiary/aromatic N) is 2. The Morgan fingerprint density at radius 1 is 1.23 bits per heavy atom. The number of hydrogen-bond acceptors (Lipinski definition) is 5. The first-order chi connectivity index (χ1) is 14.5. The molecule has 0 spiro atoms. The minimum atomic E-state index is -0.437. The molecule has 7 heteroatoms. The highest BCUT2D eigenvalue weighted by molar-refractivity contribution is 8.00. The minimum absolute atomic E-state index is 0.00738. The average molecular weight is 440 g/mol. The molecular weight excluding hydrogens is 414 g/mol. The fourth-order valence-corrected chi connectivity index (χ4v) is 6.63. The number of amides is 1. The predicted octanol–water partition coefficient (Wildman–Crippen LogP) is 4.64. The summed E-state index contributed by atoms with van der Waals surface area (Å²) < 4.78 is 1.78. The van der Waals surface area contributed by atoms with Gasteiger partial charge in [0.15, 0.2) is 5.16 Å². The van der Waals surface area contributed by atoms with E-state index in [9.17, 15) is 9.59 Å². The van der Waals surface area contributed by atoms with Gasteiger partial charge in [-0.3, -0.25) is 14.2 Å². The van der Waals surface area contributed by atoms with Crippen molar-refractivity contribution in [2.24, 2.45) is 0 Å². The van der Waals surface area contributed by atoms with E-state index in [0.717, 1.165) is 47.9 Å². The Balaban J connectivity index is 1.60. The van der Waals surface area contributed by atoms with Crippen LogP contribution in [0.4, 0.5) is 0 Å². The predicted molar refractivity (Wildman–Crippen MR) is 122 cm³/mol. The summed E-state index contributed by atoms with van der Waals surface area (Å²) in [5.74, 6) is -0.00738. The van der Waals surface area contributed by atoms with Crippen molar-refractivity contribution in [2.75, 3.05) is 0 Å². The highest BCUT2D eigenvalue weighted by Gasteiger charge is 2.31. The van der Waals surface area contributed by atoms with Gasteiger partial charge in [-0.15, -0.1) is 11.3 Å². The van der Waals surface area contributed by atoms with Gasteiger partial charge in [0.25, 0.3) is 5.56 Å². The summed E-state index contributed by atoms with van der Waals surface area (Å²) in [6, 6.07) is 10.0. The molecule has 1 fully saturated rings. The zero-order chi connectivity index (χ0) is 20.8. The number of fused-ring (bicyclic) bond motifs is 3. The van der Waals surface area contributed by atoms with Crippen molar-refractivity contribution in [3.8, 4) is 0 Å². The summed E-state index contributed by atoms with van der Waals surface area (Å²) in [5, 5.41) is 4.12. The number of carbonyl (C=O) groups is 1. The molecule has 1 aromatic carbocycles. The van der Waals surface area contributed by atoms with Crippen LogP contribution < -0.4 is 10.9 Å². The van der Waals surface area contributed by atoms with Crippen LogP contribution in [0.2, 0.25) is 0 Å². The molecule has 1 saturated carbocycles. The number of aryl methyl sites for hydroxylation is 2. The molecule has 5 rings (SSSR count). The number of rotatable bonds is 6. The van der Waals surface area contributed by atoms with E-state index in [1.807, 2.05) is 44.2 Å². The van der Waals surface area contributed by atoms with Gasteiger partial charge in [0.2, 0.25) is 5.91 Å². The van der Waals surface area contributed by atoms with Crippen molar-refractivity contribution < 1.29 is 4.79 Å². The first-order valence-electron chi connectivity index (χ1n) is 10.6. The minimum Gasteiger partial charge on any atom is -0.352 e. The maximum absolute atomic E-state index is 13.5. The van der Waals surface area contributed by atoms with Crippen LogP contribution >= 0.6 is 23.1 Å². The summed E-state index contributed by atoms with van der Waals surface area (Å²) in [7, 11) is 0. The molecule has 2 aromatic heterocycles. The lowest BCUT2D eigenvalue weighted by Crippen LogP contribution is -2.31. The Kier molecular flexibility index (Phi) is 5.19. The summed E-state index contributed by atoms with van der Waals surface area (Å²) in [5.41, 5.74) is 2.16. The van der Waals surface area contributed by atoms with Crippen molar-refractivity contribution in [3.05, 3.63) is 56.7 Å². The number of hydrogen-bond donors (Lipinski definition) is 1. The molecule has 0 aliphatic heterocycles. The Bertz CT molecular complexity index is 1160. The highest BCUT2D eigenvalue weighted by atomic mass is 32.2. The van der Waals surface area contributed by atoms with Crippen LogP contribution in [0.15, 0.2) is 40.3 Å². The fraction of sp³-hybridized carbons (Fsp3) is 0.435. The smallest absolute Gasteiger partial charge is 0.263 e. The van der Waals surface area contributed by atoms with Gasteiger partial charge in [-0.1, -0.05) is 42.1 Å². The molecule has 0 saturated heterocycles. The SMILES string of the molecule is CC(C)n1c(SC(C(=O)NC2CC2)c2ccccc2)nc2sc3c(c2c1=O)CCC3. The average Bonchev–Trinajstić information content (AvgIpc) is 3.29. The number of thiophene rings is 1. The number of nitrogens with one attached hydrogen (secondary N) is 1. The fourth-order valence-electron chi connectivity index (χ4n) is 4.09. The summed E-state index contributed by atoms with van der Waals surface area (Å²) in [6.45, 7) is 4.01. The van der Waals surface area contributed by atoms with Crippen LogP contribution in [0, 0.1) is 0 Å². The number of benzene rings is 1. The molecular formula is C23H25N3O2S2. The Morgan fingerprint density at radius 2 is 2.00 bits per heavy atom. The summed E-state index contributed by atoms with van der Waals surface area (Å²) in [6.07, 6.45) is 5.20. The molecule has 156 valence electrons. The lowest BCUT2D eigenvalue weighted by atomic mass is 10.1. The Morgan fingerprint density at radius 3 is 2.70 bits per heavy atom. The van der Waals surface area contributed by atoms with Gasteiger partial charge in [0.1, 0.15) is 10.1 Å². The third kappa shape index (κ3) is 3.58. The molecule has 0 radical (unpaired) electrons. The normalized spacial score (nSPS) is 16.8. The second-order valence-corrected chi connectivity index (χ2v) is 10.5. The molecule has 30 heavy (non-hydrogen) atoms. The third-order valence-corrected chi connectivity index (χ3v) is 8.15. The van der Waals surface area contributed by atoms with Crippen molar-refractivity contribution in [1.29, 1.82) is 0 Å². The zero-order valence-corrected chi connectivity index (χ0v) is 18.8. The van der Waals surface area contributed by atoms with E-state index in [1.165, 1.54) is 22.2 Å². The molecule has 5 nitrogen and oxygen atoms in total. The molecule has 1 atom stereocenters. The number of aromatic nitrogens is 2. The molecule has 0 bridgehead atoms. The standard InChI is InChI=1S/C23H25N3O2S2/c1-13(2)26-22(28)18-16-9-6-10-17(16)29-21(18)25-23(26)30-19(14-7-4-3-5-8-14)20(27)24-15-11-12-15/h3-5,7-8,13,15,19H,6,9-12H2,1-2H3,(H,24,27). The van der Waals surface area contributed by atoms with Gasteiger partial charge in [-0.2, -0.15) is 0 Å². The van der Waals surface area contributed by atoms with Gasteiger partial charge >= 0.3 is 0 Å². The van der Waals surface area contributed by atoms with E-state index in [-0.39, 0.29) is 23.6 Å². The molecule has 1 N–H and O–H groups in total. The van der Waals surface area contributed by atoms with Crippen LogP contribution in [-0.4, -0.2) is 21.5 Å². The summed E-state index contributed by atoms with van der Waals surface area (Å²) in [4.78, 5) is 33.6. The second kappa shape index (κ2) is 7.85. The maximum Gasteiger partial charge on any atom is 0.263 e. The van der Waals surface area contributed by atoms with Crippen LogP contribution in [0.1, 0.15) is 60.4 Å². The highest BCUT2D eigenvalue weighted by Crippen LogP contribution is 2.39. The van der Waals surface area contributed by atoms with E-state index in [4.69, 9.17) is 4.98 Å². The first-order valence-corrected chi connectivity index (χ1v) is 12.3. The van der Waals surface area contributed by atoms with Gasteiger partial charge in [-0.25, -0.2) is 4.98 Å².